The van der Waals surface area contributed by atoms with E-state index in [1.54, 1.807) is 0 Å². The molecule has 116 valence electrons. The van der Waals surface area contributed by atoms with Crippen LogP contribution in [0, 0.1) is 0 Å². The molecule has 0 atom stereocenters. The second-order valence-electron chi connectivity index (χ2n) is 4.73. The summed E-state index contributed by atoms with van der Waals surface area (Å²) in [5, 5.41) is 3.87. The summed E-state index contributed by atoms with van der Waals surface area (Å²) in [6.07, 6.45) is 1.27. The first-order valence-electron chi connectivity index (χ1n) is 7.14. The quantitative estimate of drug-likeness (QED) is 0.546. The van der Waals surface area contributed by atoms with Gasteiger partial charge in [-0.2, -0.15) is 0 Å². The molecule has 3 aromatic rings. The number of nitrogens with one attached hydrogen (secondary N) is 1. The van der Waals surface area contributed by atoms with Crippen LogP contribution in [-0.4, -0.2) is 10.9 Å². The normalized spacial score (nSPS) is 9.61. The molecule has 0 fully saturated rings. The van der Waals surface area contributed by atoms with E-state index < -0.39 is 0 Å². The summed E-state index contributed by atoms with van der Waals surface area (Å²) in [6.45, 7) is 3.92. The van der Waals surface area contributed by atoms with Gasteiger partial charge in [0.15, 0.2) is 0 Å². The molecule has 1 heterocycles. The molecule has 0 aliphatic carbocycles. The molecule has 2 aromatic carbocycles. The van der Waals surface area contributed by atoms with Crippen LogP contribution in [0.2, 0.25) is 0 Å². The number of para-hydroxylation sites is 1. The van der Waals surface area contributed by atoms with E-state index in [-0.39, 0.29) is 5.91 Å². The fraction of sp³-hybridized carbons (Fsp3) is 0.0526. The number of pyridine rings is 1. The van der Waals surface area contributed by atoms with Gasteiger partial charge in [-0.1, -0.05) is 61.2 Å². The molecule has 0 aliphatic heterocycles. The highest BCUT2D eigenvalue weighted by atomic mass is 79.9. The Balaban J connectivity index is 0.000000167. The van der Waals surface area contributed by atoms with E-state index in [1.807, 2.05) is 60.7 Å². The van der Waals surface area contributed by atoms with Crippen molar-refractivity contribution in [3.63, 3.8) is 0 Å². The van der Waals surface area contributed by atoms with Gasteiger partial charge in [0, 0.05) is 11.9 Å². The van der Waals surface area contributed by atoms with Crippen LogP contribution in [-0.2, 0) is 11.3 Å². The molecule has 0 saturated heterocycles. The number of halogens is 1. The lowest BCUT2D eigenvalue weighted by molar-refractivity contribution is -0.116. The highest BCUT2D eigenvalue weighted by Crippen LogP contribution is 2.14. The number of hydrogen-bond donors (Lipinski definition) is 1. The molecule has 0 spiro atoms. The van der Waals surface area contributed by atoms with Gasteiger partial charge in [-0.15, -0.1) is 0 Å². The molecule has 0 radical (unpaired) electrons. The van der Waals surface area contributed by atoms with E-state index in [1.165, 1.54) is 11.5 Å². The summed E-state index contributed by atoms with van der Waals surface area (Å²) in [5.41, 5.74) is 2.12. The van der Waals surface area contributed by atoms with Crippen LogP contribution in [0.25, 0.3) is 10.9 Å². The molecule has 3 nitrogen and oxygen atoms in total. The number of fused-ring (bicyclic) bond motifs is 1. The largest absolute Gasteiger partial charge is 0.348 e. The Labute approximate surface area is 144 Å². The van der Waals surface area contributed by atoms with Gasteiger partial charge in [0.05, 0.1) is 5.52 Å². The van der Waals surface area contributed by atoms with E-state index >= 15 is 0 Å². The van der Waals surface area contributed by atoms with Gasteiger partial charge in [0.25, 0.3) is 0 Å². The van der Waals surface area contributed by atoms with Crippen molar-refractivity contribution >= 4 is 32.7 Å². The molecular formula is C19H17BrN2O. The number of nitrogens with zero attached hydrogens (tertiary/aromatic N) is 1. The molecule has 1 amide bonds. The van der Waals surface area contributed by atoms with E-state index in [0.717, 1.165) is 15.7 Å². The van der Waals surface area contributed by atoms with Crippen molar-refractivity contribution in [1.29, 1.82) is 0 Å². The van der Waals surface area contributed by atoms with Crippen LogP contribution in [0.5, 0.6) is 0 Å². The lowest BCUT2D eigenvalue weighted by Gasteiger charge is -2.00. The van der Waals surface area contributed by atoms with E-state index in [0.29, 0.717) is 6.54 Å². The van der Waals surface area contributed by atoms with Crippen LogP contribution < -0.4 is 5.32 Å². The Morgan fingerprint density at radius 3 is 2.48 bits per heavy atom. The lowest BCUT2D eigenvalue weighted by Crippen LogP contribution is -2.19. The van der Waals surface area contributed by atoms with Crippen LogP contribution >= 0.6 is 15.9 Å². The maximum absolute atomic E-state index is 10.8. The van der Waals surface area contributed by atoms with Crippen LogP contribution in [0.1, 0.15) is 5.56 Å². The first-order chi connectivity index (χ1) is 11.2. The number of hydrogen-bond acceptors (Lipinski definition) is 2. The van der Waals surface area contributed by atoms with Gasteiger partial charge in [0.2, 0.25) is 5.91 Å². The maximum atomic E-state index is 10.8. The minimum absolute atomic E-state index is 0.140. The van der Waals surface area contributed by atoms with Gasteiger partial charge in [0.1, 0.15) is 4.60 Å². The molecule has 4 heteroatoms. The minimum Gasteiger partial charge on any atom is -0.348 e. The summed E-state index contributed by atoms with van der Waals surface area (Å²) in [6, 6.07) is 21.8. The van der Waals surface area contributed by atoms with Gasteiger partial charge >= 0.3 is 0 Å². The van der Waals surface area contributed by atoms with Gasteiger partial charge in [-0.3, -0.25) is 4.79 Å². The van der Waals surface area contributed by atoms with Crippen molar-refractivity contribution in [2.24, 2.45) is 0 Å². The first-order valence-corrected chi connectivity index (χ1v) is 7.94. The van der Waals surface area contributed by atoms with Crippen LogP contribution in [0.3, 0.4) is 0 Å². The number of aromatic nitrogens is 1. The third-order valence-electron chi connectivity index (χ3n) is 3.06. The average molecular weight is 369 g/mol. The summed E-state index contributed by atoms with van der Waals surface area (Å²) in [4.78, 5) is 15.0. The second-order valence-corrected chi connectivity index (χ2v) is 5.55. The molecule has 0 aliphatic rings. The molecule has 1 aromatic heterocycles. The molecular weight excluding hydrogens is 352 g/mol. The van der Waals surface area contributed by atoms with Gasteiger partial charge in [-0.05, 0) is 39.7 Å². The Morgan fingerprint density at radius 2 is 1.74 bits per heavy atom. The number of carbonyl (C=O) groups is 1. The lowest BCUT2D eigenvalue weighted by atomic mass is 10.2. The zero-order chi connectivity index (χ0) is 16.5. The molecule has 0 bridgehead atoms. The maximum Gasteiger partial charge on any atom is 0.243 e. The number of amides is 1. The second kappa shape index (κ2) is 8.86. The predicted molar refractivity (Wildman–Crippen MR) is 97.9 cm³/mol. The Kier molecular flexibility index (Phi) is 6.51. The van der Waals surface area contributed by atoms with Gasteiger partial charge in [-0.25, -0.2) is 4.98 Å². The number of carbonyl (C=O) groups excluding carboxylic acids is 1. The molecule has 0 unspecified atom stereocenters. The van der Waals surface area contributed by atoms with Crippen molar-refractivity contribution in [2.75, 3.05) is 0 Å². The van der Waals surface area contributed by atoms with Gasteiger partial charge < -0.3 is 5.32 Å². The van der Waals surface area contributed by atoms with Crippen LogP contribution in [0.4, 0.5) is 0 Å². The van der Waals surface area contributed by atoms with Crippen molar-refractivity contribution in [1.82, 2.24) is 10.3 Å². The van der Waals surface area contributed by atoms with E-state index in [2.05, 4.69) is 38.9 Å². The molecule has 3 rings (SSSR count). The Morgan fingerprint density at radius 1 is 1.04 bits per heavy atom. The minimum atomic E-state index is -0.140. The summed E-state index contributed by atoms with van der Waals surface area (Å²) in [7, 11) is 0. The smallest absolute Gasteiger partial charge is 0.243 e. The zero-order valence-corrected chi connectivity index (χ0v) is 14.2. The van der Waals surface area contributed by atoms with Crippen molar-refractivity contribution < 1.29 is 4.79 Å². The summed E-state index contributed by atoms with van der Waals surface area (Å²) >= 11 is 3.32. The average Bonchev–Trinajstić information content (AvgIpc) is 2.61. The third kappa shape index (κ3) is 5.68. The fourth-order valence-electron chi connectivity index (χ4n) is 1.90. The molecule has 0 saturated carbocycles. The third-order valence-corrected chi connectivity index (χ3v) is 3.50. The highest BCUT2D eigenvalue weighted by Gasteiger charge is 1.93. The molecule has 23 heavy (non-hydrogen) atoms. The monoisotopic (exact) mass is 368 g/mol. The van der Waals surface area contributed by atoms with Crippen molar-refractivity contribution in [3.05, 3.63) is 89.6 Å². The number of benzene rings is 2. The van der Waals surface area contributed by atoms with Crippen molar-refractivity contribution in [3.8, 4) is 0 Å². The molecule has 1 N–H and O–H groups in total. The Hall–Kier alpha value is -2.46. The zero-order valence-electron chi connectivity index (χ0n) is 12.6. The fourth-order valence-corrected chi connectivity index (χ4v) is 2.22. The SMILES string of the molecule is Brc1ccc2ccccc2n1.C=CC(=O)NCc1ccccc1. The summed E-state index contributed by atoms with van der Waals surface area (Å²) < 4.78 is 0.885. The summed E-state index contributed by atoms with van der Waals surface area (Å²) in [5.74, 6) is -0.140. The standard InChI is InChI=1S/C10H11NO.C9H6BrN/c1-2-10(12)11-8-9-6-4-3-5-7-9;10-9-6-5-7-3-1-2-4-8(7)11-9/h2-7H,1,8H2,(H,11,12);1-6H. The topological polar surface area (TPSA) is 42.0 Å². The first kappa shape index (κ1) is 16.9. The van der Waals surface area contributed by atoms with E-state index in [4.69, 9.17) is 0 Å². The highest BCUT2D eigenvalue weighted by molar-refractivity contribution is 9.10. The Bertz CT molecular complexity index is 787. The number of rotatable bonds is 3. The van der Waals surface area contributed by atoms with E-state index in [9.17, 15) is 4.79 Å². The predicted octanol–water partition coefficient (Wildman–Crippen LogP) is 4.49. The van der Waals surface area contributed by atoms with Crippen LogP contribution in [0.15, 0.2) is 84.0 Å². The van der Waals surface area contributed by atoms with Crippen molar-refractivity contribution in [2.45, 2.75) is 6.54 Å².